The van der Waals surface area contributed by atoms with Crippen LogP contribution in [0.2, 0.25) is 0 Å². The molecule has 1 aromatic rings. The second-order valence-corrected chi connectivity index (χ2v) is 8.50. The van der Waals surface area contributed by atoms with Crippen molar-refractivity contribution in [2.24, 2.45) is 11.8 Å². The smallest absolute Gasteiger partial charge is 0.412 e. The van der Waals surface area contributed by atoms with Crippen molar-refractivity contribution in [3.05, 3.63) is 27.7 Å². The van der Waals surface area contributed by atoms with E-state index in [4.69, 9.17) is 14.2 Å². The van der Waals surface area contributed by atoms with Crippen molar-refractivity contribution in [1.82, 2.24) is 0 Å². The number of halogens is 1. The summed E-state index contributed by atoms with van der Waals surface area (Å²) in [6.45, 7) is 5.21. The molecular weight excluding hydrogens is 446 g/mol. The molecule has 1 aromatic carbocycles. The highest BCUT2D eigenvalue weighted by molar-refractivity contribution is 9.10. The van der Waals surface area contributed by atoms with Gasteiger partial charge in [-0.05, 0) is 56.9 Å². The van der Waals surface area contributed by atoms with Crippen LogP contribution in [0.5, 0.6) is 0 Å². The summed E-state index contributed by atoms with van der Waals surface area (Å²) >= 11 is 3.43. The van der Waals surface area contributed by atoms with Crippen LogP contribution in [-0.2, 0) is 41.4 Å². The summed E-state index contributed by atoms with van der Waals surface area (Å²) in [5.74, 6) is -4.40. The molecule has 2 atom stereocenters. The number of carbonyl (C=O) groups excluding carboxylic acids is 4. The summed E-state index contributed by atoms with van der Waals surface area (Å²) in [6.07, 6.45) is -0.672. The van der Waals surface area contributed by atoms with E-state index in [9.17, 15) is 19.2 Å². The number of Topliss-reactive ketones (excluding diaryl/α,β-unsaturated/α-hetero) is 1. The van der Waals surface area contributed by atoms with Crippen molar-refractivity contribution in [2.75, 3.05) is 19.5 Å². The fourth-order valence-electron chi connectivity index (χ4n) is 3.18. The summed E-state index contributed by atoms with van der Waals surface area (Å²) in [5, 5.41) is 2.67. The van der Waals surface area contributed by atoms with Crippen molar-refractivity contribution in [3.63, 3.8) is 0 Å². The number of carbonyl (C=O) groups is 4. The molecule has 0 fully saturated rings. The predicted octanol–water partition coefficient (Wildman–Crippen LogP) is 3.04. The van der Waals surface area contributed by atoms with Crippen molar-refractivity contribution >= 4 is 45.4 Å². The minimum absolute atomic E-state index is 0.0265. The third-order valence-electron chi connectivity index (χ3n) is 4.48. The first-order valence-electron chi connectivity index (χ1n) is 8.98. The topological polar surface area (TPSA) is 108 Å². The Labute approximate surface area is 177 Å². The molecule has 8 nitrogen and oxygen atoms in total. The van der Waals surface area contributed by atoms with Crippen molar-refractivity contribution in [1.29, 1.82) is 0 Å². The summed E-state index contributed by atoms with van der Waals surface area (Å²) in [4.78, 5) is 49.7. The fourth-order valence-corrected chi connectivity index (χ4v) is 3.72. The Balaban J connectivity index is 2.53. The van der Waals surface area contributed by atoms with Gasteiger partial charge in [0.05, 0.1) is 14.2 Å². The quantitative estimate of drug-likeness (QED) is 0.313. The van der Waals surface area contributed by atoms with Crippen LogP contribution in [0.25, 0.3) is 0 Å². The molecule has 0 bridgehead atoms. The first-order chi connectivity index (χ1) is 13.5. The lowest BCUT2D eigenvalue weighted by molar-refractivity contribution is -0.155. The molecule has 0 saturated heterocycles. The highest BCUT2D eigenvalue weighted by Crippen LogP contribution is 2.36. The van der Waals surface area contributed by atoms with Gasteiger partial charge in [-0.3, -0.25) is 19.7 Å². The fraction of sp³-hybridized carbons (Fsp3) is 0.500. The first kappa shape index (κ1) is 22.9. The molecule has 1 aliphatic carbocycles. The molecule has 0 aliphatic heterocycles. The zero-order valence-corrected chi connectivity index (χ0v) is 18.5. The van der Waals surface area contributed by atoms with Crippen LogP contribution in [0.1, 0.15) is 31.9 Å². The number of esters is 2. The number of fused-ring (bicyclic) bond motifs is 1. The Morgan fingerprint density at radius 3 is 2.00 bits per heavy atom. The Kier molecular flexibility index (Phi) is 7.05. The summed E-state index contributed by atoms with van der Waals surface area (Å²) < 4.78 is 15.5. The number of rotatable bonds is 3. The monoisotopic (exact) mass is 469 g/mol. The van der Waals surface area contributed by atoms with E-state index in [0.29, 0.717) is 21.3 Å². The molecule has 1 N–H and O–H groups in total. The van der Waals surface area contributed by atoms with Crippen LogP contribution >= 0.6 is 15.9 Å². The molecule has 1 amide bonds. The van der Waals surface area contributed by atoms with Crippen LogP contribution in [0, 0.1) is 11.8 Å². The Bertz CT molecular complexity index is 844. The second-order valence-electron chi connectivity index (χ2n) is 7.64. The Morgan fingerprint density at radius 2 is 1.52 bits per heavy atom. The number of ether oxygens (including phenoxy) is 3. The maximum atomic E-state index is 12.9. The van der Waals surface area contributed by atoms with E-state index in [1.54, 1.807) is 32.9 Å². The number of ketones is 1. The number of methoxy groups -OCH3 is 2. The van der Waals surface area contributed by atoms with Crippen LogP contribution in [0.15, 0.2) is 16.6 Å². The number of anilines is 1. The molecule has 0 aromatic heterocycles. The molecular formula is C20H24BrNO7. The molecule has 2 rings (SSSR count). The average Bonchev–Trinajstić information content (AvgIpc) is 2.79. The van der Waals surface area contributed by atoms with E-state index >= 15 is 0 Å². The zero-order chi connectivity index (χ0) is 21.9. The van der Waals surface area contributed by atoms with Crippen molar-refractivity contribution in [3.8, 4) is 0 Å². The van der Waals surface area contributed by atoms with Gasteiger partial charge in [0.1, 0.15) is 17.4 Å². The van der Waals surface area contributed by atoms with Crippen LogP contribution < -0.4 is 5.32 Å². The average molecular weight is 470 g/mol. The molecule has 0 saturated carbocycles. The lowest BCUT2D eigenvalue weighted by Gasteiger charge is -2.21. The second kappa shape index (κ2) is 8.94. The molecule has 1 aliphatic rings. The van der Waals surface area contributed by atoms with Gasteiger partial charge < -0.3 is 14.2 Å². The van der Waals surface area contributed by atoms with Crippen LogP contribution in [0.4, 0.5) is 10.5 Å². The standard InChI is InChI=1S/C20H24BrNO7/c1-20(2,3)29-19(26)22-15-7-6-14(21)10-8-12(17(24)27-4)16(23)13(9-11(10)15)18(25)28-5/h6-7,12-13H,8-9H2,1-5H3,(H,22,26)/t12-,13-/m1/s1. The number of nitrogens with one attached hydrogen (secondary N) is 1. The molecule has 29 heavy (non-hydrogen) atoms. The normalized spacial score (nSPS) is 18.9. The maximum Gasteiger partial charge on any atom is 0.412 e. The third kappa shape index (κ3) is 5.35. The molecule has 0 unspecified atom stereocenters. The Hall–Kier alpha value is -2.42. The van der Waals surface area contributed by atoms with Crippen LogP contribution in [-0.4, -0.2) is 43.6 Å². The SMILES string of the molecule is COC(=O)[C@@H]1Cc2c(Br)ccc(NC(=O)OC(C)(C)C)c2C[C@@H](C(=O)OC)C1=O. The van der Waals surface area contributed by atoms with Crippen molar-refractivity contribution in [2.45, 2.75) is 39.2 Å². The minimum Gasteiger partial charge on any atom is -0.468 e. The van der Waals surface area contributed by atoms with E-state index in [1.807, 2.05) is 0 Å². The van der Waals surface area contributed by atoms with E-state index in [-0.39, 0.29) is 12.8 Å². The summed E-state index contributed by atoms with van der Waals surface area (Å²) in [5.41, 5.74) is 0.885. The predicted molar refractivity (Wildman–Crippen MR) is 107 cm³/mol. The van der Waals surface area contributed by atoms with E-state index < -0.39 is 41.3 Å². The molecule has 0 radical (unpaired) electrons. The highest BCUT2D eigenvalue weighted by Gasteiger charge is 2.42. The zero-order valence-electron chi connectivity index (χ0n) is 17.0. The maximum absolute atomic E-state index is 12.9. The number of amides is 1. The lowest BCUT2D eigenvalue weighted by Crippen LogP contribution is -2.36. The molecule has 0 spiro atoms. The summed E-state index contributed by atoms with van der Waals surface area (Å²) in [7, 11) is 2.36. The van der Waals surface area contributed by atoms with E-state index in [1.165, 1.54) is 14.2 Å². The van der Waals surface area contributed by atoms with Crippen LogP contribution in [0.3, 0.4) is 0 Å². The number of benzene rings is 1. The van der Waals surface area contributed by atoms with Gasteiger partial charge in [0, 0.05) is 10.2 Å². The summed E-state index contributed by atoms with van der Waals surface area (Å²) in [6, 6.07) is 3.34. The number of hydrogen-bond donors (Lipinski definition) is 1. The Morgan fingerprint density at radius 1 is 1.00 bits per heavy atom. The lowest BCUT2D eigenvalue weighted by atomic mass is 9.90. The van der Waals surface area contributed by atoms with Gasteiger partial charge >= 0.3 is 18.0 Å². The molecule has 158 valence electrons. The third-order valence-corrected chi connectivity index (χ3v) is 5.23. The largest absolute Gasteiger partial charge is 0.468 e. The van der Waals surface area contributed by atoms with Crippen molar-refractivity contribution < 1.29 is 33.4 Å². The van der Waals surface area contributed by atoms with Gasteiger partial charge in [0.25, 0.3) is 0 Å². The van der Waals surface area contributed by atoms with E-state index in [2.05, 4.69) is 21.2 Å². The number of hydrogen-bond acceptors (Lipinski definition) is 7. The van der Waals surface area contributed by atoms with Gasteiger partial charge in [-0.1, -0.05) is 15.9 Å². The van der Waals surface area contributed by atoms with Gasteiger partial charge in [-0.2, -0.15) is 0 Å². The minimum atomic E-state index is -1.20. The van der Waals surface area contributed by atoms with Gasteiger partial charge in [0.2, 0.25) is 0 Å². The van der Waals surface area contributed by atoms with Gasteiger partial charge in [-0.25, -0.2) is 4.79 Å². The van der Waals surface area contributed by atoms with Gasteiger partial charge in [0.15, 0.2) is 5.78 Å². The van der Waals surface area contributed by atoms with Gasteiger partial charge in [-0.15, -0.1) is 0 Å². The molecule has 9 heteroatoms. The molecule has 0 heterocycles. The van der Waals surface area contributed by atoms with E-state index in [0.717, 1.165) is 0 Å². The first-order valence-corrected chi connectivity index (χ1v) is 9.77. The highest BCUT2D eigenvalue weighted by atomic mass is 79.9.